The summed E-state index contributed by atoms with van der Waals surface area (Å²) in [5.41, 5.74) is 0.925. The quantitative estimate of drug-likeness (QED) is 0.395. The number of aliphatic hydroxyl groups is 1. The summed E-state index contributed by atoms with van der Waals surface area (Å²) < 4.78 is 14.7. The molecule has 1 aliphatic rings. The first kappa shape index (κ1) is 27.3. The van der Waals surface area contributed by atoms with Gasteiger partial charge in [0.1, 0.15) is 16.9 Å². The largest absolute Gasteiger partial charge is 0.505 e. The van der Waals surface area contributed by atoms with Crippen LogP contribution in [0.1, 0.15) is 60.5 Å². The number of pyridine rings is 2. The molecule has 38 heavy (non-hydrogen) atoms. The Morgan fingerprint density at radius 2 is 1.89 bits per heavy atom. The molecule has 0 bridgehead atoms. The molecule has 0 aliphatic carbocycles. The second kappa shape index (κ2) is 12.2. The first-order valence-electron chi connectivity index (χ1n) is 13.0. The van der Waals surface area contributed by atoms with E-state index in [0.29, 0.717) is 37.9 Å². The van der Waals surface area contributed by atoms with Gasteiger partial charge in [-0.1, -0.05) is 18.6 Å². The van der Waals surface area contributed by atoms with Crippen LogP contribution in [0.25, 0.3) is 11.0 Å². The van der Waals surface area contributed by atoms with Crippen molar-refractivity contribution in [3.05, 3.63) is 69.4 Å². The Hall–Kier alpha value is -3.79. The van der Waals surface area contributed by atoms with Crippen LogP contribution < -0.4 is 10.9 Å². The molecule has 1 saturated heterocycles. The number of carbonyl (C=O) groups excluding carboxylic acids is 2. The minimum Gasteiger partial charge on any atom is -0.505 e. The monoisotopic (exact) mass is 524 g/mol. The third-order valence-electron chi connectivity index (χ3n) is 6.82. The van der Waals surface area contributed by atoms with E-state index < -0.39 is 28.8 Å². The van der Waals surface area contributed by atoms with Gasteiger partial charge in [-0.25, -0.2) is 4.39 Å². The van der Waals surface area contributed by atoms with E-state index in [-0.39, 0.29) is 30.4 Å². The van der Waals surface area contributed by atoms with Gasteiger partial charge in [0.25, 0.3) is 11.5 Å². The van der Waals surface area contributed by atoms with Crippen LogP contribution >= 0.6 is 0 Å². The molecule has 2 aromatic heterocycles. The molecule has 1 unspecified atom stereocenters. The van der Waals surface area contributed by atoms with E-state index in [1.54, 1.807) is 31.3 Å². The van der Waals surface area contributed by atoms with E-state index in [1.165, 1.54) is 16.7 Å². The lowest BCUT2D eigenvalue weighted by molar-refractivity contribution is -0.130. The van der Waals surface area contributed by atoms with E-state index in [2.05, 4.69) is 10.3 Å². The molecule has 10 heteroatoms. The number of nitrogens with one attached hydrogen (secondary N) is 1. The summed E-state index contributed by atoms with van der Waals surface area (Å²) in [5, 5.41) is 22.8. The predicted octanol–water partition coefficient (Wildman–Crippen LogP) is 2.74. The van der Waals surface area contributed by atoms with Gasteiger partial charge in [0.2, 0.25) is 5.91 Å². The van der Waals surface area contributed by atoms with Crippen LogP contribution in [0.5, 0.6) is 5.75 Å². The number of nitrogens with zero attached hydrogens (tertiary/aromatic N) is 3. The molecule has 0 saturated carbocycles. The molecular weight excluding hydrogens is 491 g/mol. The minimum atomic E-state index is -0.801. The summed E-state index contributed by atoms with van der Waals surface area (Å²) in [6.07, 6.45) is 5.80. The van der Waals surface area contributed by atoms with Crippen molar-refractivity contribution in [3.8, 4) is 5.75 Å². The summed E-state index contributed by atoms with van der Waals surface area (Å²) in [6.45, 7) is 2.60. The van der Waals surface area contributed by atoms with E-state index in [4.69, 9.17) is 0 Å². The molecule has 0 radical (unpaired) electrons. The van der Waals surface area contributed by atoms with Crippen LogP contribution in [0.4, 0.5) is 4.39 Å². The maximum absolute atomic E-state index is 13.6. The smallest absolute Gasteiger partial charge is 0.267 e. The SMILES string of the molecule is CC(CO)NC(=O)c1c(O)c2ncc(Cc3ccc(F)cc3)cc2n(CCCN2CCCCCC2=O)c1=O. The van der Waals surface area contributed by atoms with Crippen molar-refractivity contribution < 1.29 is 24.2 Å². The van der Waals surface area contributed by atoms with Crippen LogP contribution in [-0.4, -0.2) is 62.2 Å². The van der Waals surface area contributed by atoms with Gasteiger partial charge >= 0.3 is 0 Å². The Balaban J connectivity index is 1.71. The Morgan fingerprint density at radius 1 is 1.13 bits per heavy atom. The van der Waals surface area contributed by atoms with Gasteiger partial charge in [-0.3, -0.25) is 19.4 Å². The molecule has 1 aliphatic heterocycles. The van der Waals surface area contributed by atoms with Crippen molar-refractivity contribution in [1.29, 1.82) is 0 Å². The highest BCUT2D eigenvalue weighted by Crippen LogP contribution is 2.26. The fourth-order valence-electron chi connectivity index (χ4n) is 4.74. The molecule has 1 aromatic carbocycles. The maximum atomic E-state index is 13.6. The first-order valence-corrected chi connectivity index (χ1v) is 13.0. The molecule has 4 rings (SSSR count). The van der Waals surface area contributed by atoms with E-state index in [0.717, 1.165) is 30.4 Å². The van der Waals surface area contributed by atoms with Crippen molar-refractivity contribution in [2.24, 2.45) is 0 Å². The van der Waals surface area contributed by atoms with Crippen LogP contribution in [0.2, 0.25) is 0 Å². The van der Waals surface area contributed by atoms with Crippen molar-refractivity contribution in [3.63, 3.8) is 0 Å². The van der Waals surface area contributed by atoms with Gasteiger partial charge in [0, 0.05) is 38.3 Å². The van der Waals surface area contributed by atoms with Gasteiger partial charge in [-0.05, 0) is 61.9 Å². The molecule has 2 amide bonds. The molecule has 1 atom stereocenters. The number of likely N-dealkylation sites (tertiary alicyclic amines) is 1. The topological polar surface area (TPSA) is 125 Å². The van der Waals surface area contributed by atoms with Crippen LogP contribution in [-0.2, 0) is 17.8 Å². The number of hydrogen-bond acceptors (Lipinski definition) is 6. The van der Waals surface area contributed by atoms with Crippen molar-refractivity contribution in [2.45, 2.75) is 58.0 Å². The number of aryl methyl sites for hydroxylation is 1. The van der Waals surface area contributed by atoms with Gasteiger partial charge in [-0.15, -0.1) is 0 Å². The normalized spacial score (nSPS) is 14.9. The van der Waals surface area contributed by atoms with Gasteiger partial charge in [0.15, 0.2) is 5.75 Å². The molecule has 3 heterocycles. The number of fused-ring (bicyclic) bond motifs is 1. The second-order valence-electron chi connectivity index (χ2n) is 9.80. The van der Waals surface area contributed by atoms with E-state index in [1.807, 2.05) is 4.90 Å². The van der Waals surface area contributed by atoms with Crippen molar-refractivity contribution in [1.82, 2.24) is 19.8 Å². The number of hydrogen-bond donors (Lipinski definition) is 3. The fraction of sp³-hybridized carbons (Fsp3) is 0.429. The molecule has 3 aromatic rings. The van der Waals surface area contributed by atoms with Crippen molar-refractivity contribution >= 4 is 22.8 Å². The van der Waals surface area contributed by atoms with E-state index >= 15 is 0 Å². The molecule has 3 N–H and O–H groups in total. The lowest BCUT2D eigenvalue weighted by Crippen LogP contribution is -2.39. The third-order valence-corrected chi connectivity index (χ3v) is 6.82. The number of amides is 2. The fourth-order valence-corrected chi connectivity index (χ4v) is 4.74. The zero-order chi connectivity index (χ0) is 27.2. The van der Waals surface area contributed by atoms with Crippen LogP contribution in [0.15, 0.2) is 41.3 Å². The summed E-state index contributed by atoms with van der Waals surface area (Å²) in [7, 11) is 0. The minimum absolute atomic E-state index is 0.0973. The number of aliphatic hydroxyl groups excluding tert-OH is 1. The average Bonchev–Trinajstić information content (AvgIpc) is 3.11. The summed E-state index contributed by atoms with van der Waals surface area (Å²) in [6, 6.07) is 7.19. The highest BCUT2D eigenvalue weighted by atomic mass is 19.1. The number of aromatic hydroxyl groups is 1. The number of aromatic nitrogens is 2. The average molecular weight is 525 g/mol. The molecule has 9 nitrogen and oxygen atoms in total. The summed E-state index contributed by atoms with van der Waals surface area (Å²) in [5.74, 6) is -1.57. The molecule has 0 spiro atoms. The Bertz CT molecular complexity index is 1370. The summed E-state index contributed by atoms with van der Waals surface area (Å²) >= 11 is 0. The number of halogens is 1. The molecule has 202 valence electrons. The molecular formula is C28H33FN4O5. The highest BCUT2D eigenvalue weighted by molar-refractivity contribution is 6.01. The zero-order valence-electron chi connectivity index (χ0n) is 21.5. The Labute approximate surface area is 219 Å². The summed E-state index contributed by atoms with van der Waals surface area (Å²) in [4.78, 5) is 45.0. The molecule has 1 fully saturated rings. The standard InChI is InChI=1S/C28H33FN4O5/c1-18(17-34)31-27(37)24-26(36)25-22(15-20(16-30-25)14-19-7-9-21(29)10-8-19)33(28(24)38)13-5-12-32-11-4-2-3-6-23(32)35/h7-10,15-16,18,34,36H,2-6,11-14,17H2,1H3,(H,31,37). The number of carbonyl (C=O) groups is 2. The van der Waals surface area contributed by atoms with Gasteiger partial charge < -0.3 is 25.0 Å². The predicted molar refractivity (Wildman–Crippen MR) is 141 cm³/mol. The van der Waals surface area contributed by atoms with Gasteiger partial charge in [0.05, 0.1) is 12.1 Å². The Kier molecular flexibility index (Phi) is 8.73. The van der Waals surface area contributed by atoms with Crippen molar-refractivity contribution in [2.75, 3.05) is 19.7 Å². The lowest BCUT2D eigenvalue weighted by atomic mass is 10.0. The Morgan fingerprint density at radius 3 is 2.63 bits per heavy atom. The zero-order valence-corrected chi connectivity index (χ0v) is 21.5. The second-order valence-corrected chi connectivity index (χ2v) is 9.80. The maximum Gasteiger partial charge on any atom is 0.267 e. The van der Waals surface area contributed by atoms with Crippen LogP contribution in [0, 0.1) is 5.82 Å². The van der Waals surface area contributed by atoms with E-state index in [9.17, 15) is 29.0 Å². The lowest BCUT2D eigenvalue weighted by Gasteiger charge is -2.21. The number of benzene rings is 1. The van der Waals surface area contributed by atoms with Gasteiger partial charge in [-0.2, -0.15) is 0 Å². The highest BCUT2D eigenvalue weighted by Gasteiger charge is 2.25. The number of rotatable bonds is 9. The van der Waals surface area contributed by atoms with Crippen LogP contribution in [0.3, 0.4) is 0 Å². The third kappa shape index (κ3) is 6.19. The first-order chi connectivity index (χ1) is 18.3.